The molecule has 116 valence electrons. The molecule has 0 radical (unpaired) electrons. The smallest absolute Gasteiger partial charge is 0.259 e. The first-order chi connectivity index (χ1) is 11.0. The molecule has 3 aromatic rings. The fourth-order valence-electron chi connectivity index (χ4n) is 2.52. The first kappa shape index (κ1) is 14.9. The maximum atomic E-state index is 12.4. The first-order valence-corrected chi connectivity index (χ1v) is 7.07. The largest absolute Gasteiger partial charge is 0.466 e. The number of aryl methyl sites for hydroxylation is 3. The molecular formula is C17H15N3O3. The molecule has 3 aromatic heterocycles. The highest BCUT2D eigenvalue weighted by molar-refractivity contribution is 6.07. The highest BCUT2D eigenvalue weighted by atomic mass is 16.5. The van der Waals surface area contributed by atoms with E-state index in [1.165, 1.54) is 0 Å². The summed E-state index contributed by atoms with van der Waals surface area (Å²) < 4.78 is 10.8. The quantitative estimate of drug-likeness (QED) is 0.752. The molecule has 0 aromatic carbocycles. The van der Waals surface area contributed by atoms with Gasteiger partial charge < -0.3 is 14.3 Å². The van der Waals surface area contributed by atoms with Crippen LogP contribution in [0.3, 0.4) is 0 Å². The zero-order valence-corrected chi connectivity index (χ0v) is 13.1. The molecule has 6 heteroatoms. The van der Waals surface area contributed by atoms with Gasteiger partial charge in [-0.05, 0) is 32.9 Å². The van der Waals surface area contributed by atoms with E-state index in [1.54, 1.807) is 13.0 Å². The number of nitrogens with zero attached hydrogens (tertiary/aromatic N) is 2. The molecule has 0 fully saturated rings. The van der Waals surface area contributed by atoms with Gasteiger partial charge in [-0.3, -0.25) is 4.79 Å². The second-order valence-electron chi connectivity index (χ2n) is 5.22. The summed E-state index contributed by atoms with van der Waals surface area (Å²) in [5, 5.41) is 7.15. The summed E-state index contributed by atoms with van der Waals surface area (Å²) in [5.74, 6) is 3.58. The summed E-state index contributed by atoms with van der Waals surface area (Å²) in [4.78, 5) is 16.9. The van der Waals surface area contributed by atoms with E-state index in [0.29, 0.717) is 28.1 Å². The van der Waals surface area contributed by atoms with Crippen LogP contribution in [0.5, 0.6) is 0 Å². The van der Waals surface area contributed by atoms with Gasteiger partial charge in [0.15, 0.2) is 0 Å². The van der Waals surface area contributed by atoms with Crippen molar-refractivity contribution >= 4 is 17.0 Å². The molecule has 1 amide bonds. The Morgan fingerprint density at radius 3 is 2.78 bits per heavy atom. The normalized spacial score (nSPS) is 10.7. The molecule has 0 aliphatic rings. The minimum atomic E-state index is -0.291. The predicted octanol–water partition coefficient (Wildman–Crippen LogP) is 2.77. The number of hydrogen-bond donors (Lipinski definition) is 1. The van der Waals surface area contributed by atoms with Gasteiger partial charge >= 0.3 is 0 Å². The maximum absolute atomic E-state index is 12.4. The molecule has 0 spiro atoms. The highest BCUT2D eigenvalue weighted by Crippen LogP contribution is 2.30. The number of amides is 1. The van der Waals surface area contributed by atoms with E-state index in [9.17, 15) is 4.79 Å². The number of terminal acetylenes is 1. The van der Waals surface area contributed by atoms with E-state index in [-0.39, 0.29) is 12.5 Å². The lowest BCUT2D eigenvalue weighted by Crippen LogP contribution is -2.24. The monoisotopic (exact) mass is 309 g/mol. The van der Waals surface area contributed by atoms with Gasteiger partial charge in [-0.1, -0.05) is 11.1 Å². The number of furan rings is 1. The second-order valence-corrected chi connectivity index (χ2v) is 5.22. The van der Waals surface area contributed by atoms with Crippen LogP contribution in [-0.4, -0.2) is 22.6 Å². The summed E-state index contributed by atoms with van der Waals surface area (Å²) in [6.45, 7) is 5.61. The number of aromatic nitrogens is 2. The minimum Gasteiger partial charge on any atom is -0.466 e. The molecule has 23 heavy (non-hydrogen) atoms. The number of fused-ring (bicyclic) bond motifs is 1. The van der Waals surface area contributed by atoms with Gasteiger partial charge in [-0.25, -0.2) is 4.98 Å². The van der Waals surface area contributed by atoms with Crippen LogP contribution in [0.25, 0.3) is 22.4 Å². The van der Waals surface area contributed by atoms with Crippen molar-refractivity contribution in [1.82, 2.24) is 15.5 Å². The van der Waals surface area contributed by atoms with Crippen molar-refractivity contribution in [2.45, 2.75) is 20.8 Å². The summed E-state index contributed by atoms with van der Waals surface area (Å²) in [6, 6.07) is 3.57. The third kappa shape index (κ3) is 2.57. The minimum absolute atomic E-state index is 0.145. The number of rotatable bonds is 3. The number of carbonyl (C=O) groups excluding carboxylic acids is 1. The third-order valence-corrected chi connectivity index (χ3v) is 3.53. The van der Waals surface area contributed by atoms with Crippen molar-refractivity contribution in [3.63, 3.8) is 0 Å². The van der Waals surface area contributed by atoms with Crippen molar-refractivity contribution in [3.05, 3.63) is 34.9 Å². The summed E-state index contributed by atoms with van der Waals surface area (Å²) >= 11 is 0. The Kier molecular flexibility index (Phi) is 3.62. The topological polar surface area (TPSA) is 81.2 Å². The Morgan fingerprint density at radius 2 is 2.13 bits per heavy atom. The van der Waals surface area contributed by atoms with Crippen LogP contribution in [0, 0.1) is 33.1 Å². The molecule has 3 rings (SSSR count). The Hall–Kier alpha value is -3.07. The van der Waals surface area contributed by atoms with Gasteiger partial charge in [0.2, 0.25) is 0 Å². The SMILES string of the molecule is C#CCNC(=O)c1cc(-c2cc(C)oc2C)nc2onc(C)c12. The molecule has 0 aliphatic heterocycles. The van der Waals surface area contributed by atoms with E-state index in [1.807, 2.05) is 19.9 Å². The van der Waals surface area contributed by atoms with Crippen molar-refractivity contribution in [1.29, 1.82) is 0 Å². The lowest BCUT2D eigenvalue weighted by molar-refractivity contribution is 0.0960. The molecule has 0 atom stereocenters. The molecule has 3 heterocycles. The van der Waals surface area contributed by atoms with Crippen molar-refractivity contribution in [2.75, 3.05) is 6.54 Å². The first-order valence-electron chi connectivity index (χ1n) is 7.07. The Bertz CT molecular complexity index is 944. The lowest BCUT2D eigenvalue weighted by atomic mass is 10.1. The fourth-order valence-corrected chi connectivity index (χ4v) is 2.52. The molecule has 0 bridgehead atoms. The highest BCUT2D eigenvalue weighted by Gasteiger charge is 2.20. The zero-order chi connectivity index (χ0) is 16.6. The molecular weight excluding hydrogens is 294 g/mol. The predicted molar refractivity (Wildman–Crippen MR) is 84.9 cm³/mol. The number of carbonyl (C=O) groups is 1. The number of hydrogen-bond acceptors (Lipinski definition) is 5. The molecule has 0 aliphatic carbocycles. The van der Waals surface area contributed by atoms with Crippen LogP contribution in [0.4, 0.5) is 0 Å². The Labute approximate surface area is 132 Å². The summed E-state index contributed by atoms with van der Waals surface area (Å²) in [6.07, 6.45) is 5.20. The fraction of sp³-hybridized carbons (Fsp3) is 0.235. The van der Waals surface area contributed by atoms with E-state index < -0.39 is 0 Å². The van der Waals surface area contributed by atoms with Gasteiger partial charge in [0, 0.05) is 5.56 Å². The van der Waals surface area contributed by atoms with Crippen molar-refractivity contribution in [2.24, 2.45) is 0 Å². The van der Waals surface area contributed by atoms with Crippen LogP contribution in [0.1, 0.15) is 27.6 Å². The average molecular weight is 309 g/mol. The molecule has 6 nitrogen and oxygen atoms in total. The lowest BCUT2D eigenvalue weighted by Gasteiger charge is -2.06. The molecule has 0 saturated heterocycles. The van der Waals surface area contributed by atoms with Crippen molar-refractivity contribution in [3.8, 4) is 23.6 Å². The Morgan fingerprint density at radius 1 is 1.35 bits per heavy atom. The van der Waals surface area contributed by atoms with E-state index in [4.69, 9.17) is 15.4 Å². The van der Waals surface area contributed by atoms with Gasteiger partial charge in [0.1, 0.15) is 11.5 Å². The van der Waals surface area contributed by atoms with E-state index in [0.717, 1.165) is 17.1 Å². The van der Waals surface area contributed by atoms with E-state index in [2.05, 4.69) is 21.4 Å². The Balaban J connectivity index is 2.21. The van der Waals surface area contributed by atoms with Gasteiger partial charge in [0.05, 0.1) is 28.9 Å². The van der Waals surface area contributed by atoms with Crippen molar-refractivity contribution < 1.29 is 13.7 Å². The number of pyridine rings is 1. The second kappa shape index (κ2) is 5.61. The third-order valence-electron chi connectivity index (χ3n) is 3.53. The molecule has 1 N–H and O–H groups in total. The van der Waals surface area contributed by atoms with Crippen LogP contribution in [-0.2, 0) is 0 Å². The number of nitrogens with one attached hydrogen (secondary N) is 1. The molecule has 0 saturated carbocycles. The van der Waals surface area contributed by atoms with Crippen LogP contribution < -0.4 is 5.32 Å². The summed E-state index contributed by atoms with van der Waals surface area (Å²) in [5.41, 5.74) is 2.74. The van der Waals surface area contributed by atoms with Gasteiger partial charge in [0.25, 0.3) is 11.6 Å². The average Bonchev–Trinajstić information content (AvgIpc) is 3.06. The maximum Gasteiger partial charge on any atom is 0.259 e. The summed E-state index contributed by atoms with van der Waals surface area (Å²) in [7, 11) is 0. The van der Waals surface area contributed by atoms with Gasteiger partial charge in [-0.15, -0.1) is 6.42 Å². The molecule has 0 unspecified atom stereocenters. The van der Waals surface area contributed by atoms with Crippen LogP contribution in [0.2, 0.25) is 0 Å². The zero-order valence-electron chi connectivity index (χ0n) is 13.1. The van der Waals surface area contributed by atoms with E-state index >= 15 is 0 Å². The van der Waals surface area contributed by atoms with Gasteiger partial charge in [-0.2, -0.15) is 0 Å². The van der Waals surface area contributed by atoms with Crippen LogP contribution >= 0.6 is 0 Å². The standard InChI is InChI=1S/C17H15N3O3/c1-5-6-18-16(21)13-8-14(12-7-9(2)22-11(12)4)19-17-15(13)10(3)20-23-17/h1,7-8H,6H2,2-4H3,(H,18,21). The van der Waals surface area contributed by atoms with Crippen LogP contribution in [0.15, 0.2) is 21.1 Å².